The van der Waals surface area contributed by atoms with E-state index in [1.54, 1.807) is 18.9 Å². The van der Waals surface area contributed by atoms with Gasteiger partial charge in [-0.25, -0.2) is 9.79 Å². The van der Waals surface area contributed by atoms with Crippen molar-refractivity contribution in [2.24, 2.45) is 4.99 Å². The largest absolute Gasteiger partial charge is 0.457 e. The van der Waals surface area contributed by atoms with Crippen LogP contribution in [0.15, 0.2) is 71.5 Å². The predicted octanol–water partition coefficient (Wildman–Crippen LogP) is 3.44. The van der Waals surface area contributed by atoms with Gasteiger partial charge in [-0.05, 0) is 50.2 Å². The van der Waals surface area contributed by atoms with E-state index >= 15 is 0 Å². The van der Waals surface area contributed by atoms with Crippen LogP contribution in [0, 0.1) is 0 Å². The van der Waals surface area contributed by atoms with Crippen LogP contribution in [0.5, 0.6) is 11.5 Å². The summed E-state index contributed by atoms with van der Waals surface area (Å²) >= 11 is 0. The van der Waals surface area contributed by atoms with Gasteiger partial charge in [-0.1, -0.05) is 18.2 Å². The Kier molecular flexibility index (Phi) is 4.43. The monoisotopic (exact) mass is 417 g/mol. The second kappa shape index (κ2) is 7.16. The van der Waals surface area contributed by atoms with E-state index in [-0.39, 0.29) is 11.9 Å². The maximum absolute atomic E-state index is 13.0. The SMILES string of the molecule is CCN1C(=O)C2C(N=C3N(c4ccc(Oc5ccccc5)cc4)C(C)=CN32)N(C)C1=O. The Morgan fingerprint density at radius 1 is 1.00 bits per heavy atom. The molecule has 3 amide bonds. The van der Waals surface area contributed by atoms with Gasteiger partial charge in [0.2, 0.25) is 5.96 Å². The maximum atomic E-state index is 13.0. The number of allylic oxidation sites excluding steroid dienone is 1. The molecule has 0 saturated carbocycles. The van der Waals surface area contributed by atoms with Crippen molar-refractivity contribution in [3.63, 3.8) is 0 Å². The number of carbonyl (C=O) groups excluding carboxylic acids is 2. The minimum atomic E-state index is -0.543. The summed E-state index contributed by atoms with van der Waals surface area (Å²) in [6.45, 7) is 4.12. The molecule has 3 aliphatic rings. The number of carbonyl (C=O) groups is 2. The average Bonchev–Trinajstić information content (AvgIpc) is 3.29. The second-order valence-electron chi connectivity index (χ2n) is 7.69. The van der Waals surface area contributed by atoms with E-state index < -0.39 is 12.2 Å². The van der Waals surface area contributed by atoms with E-state index in [1.165, 1.54) is 4.90 Å². The number of anilines is 1. The van der Waals surface area contributed by atoms with Gasteiger partial charge >= 0.3 is 6.03 Å². The molecule has 0 bridgehead atoms. The molecule has 2 atom stereocenters. The molecule has 2 unspecified atom stereocenters. The molecule has 0 radical (unpaired) electrons. The van der Waals surface area contributed by atoms with Crippen LogP contribution in [0.3, 0.4) is 0 Å². The molecule has 158 valence electrons. The van der Waals surface area contributed by atoms with E-state index in [2.05, 4.69) is 0 Å². The lowest BCUT2D eigenvalue weighted by molar-refractivity contribution is -0.136. The number of rotatable bonds is 4. The van der Waals surface area contributed by atoms with Crippen molar-refractivity contribution in [1.82, 2.24) is 14.7 Å². The minimum Gasteiger partial charge on any atom is -0.457 e. The minimum absolute atomic E-state index is 0.216. The second-order valence-corrected chi connectivity index (χ2v) is 7.69. The van der Waals surface area contributed by atoms with Crippen LogP contribution in [0.2, 0.25) is 0 Å². The van der Waals surface area contributed by atoms with Gasteiger partial charge in [-0.3, -0.25) is 14.6 Å². The molecule has 1 saturated heterocycles. The Labute approximate surface area is 180 Å². The summed E-state index contributed by atoms with van der Waals surface area (Å²) in [6.07, 6.45) is 1.39. The van der Waals surface area contributed by atoms with E-state index in [9.17, 15) is 9.59 Å². The molecule has 5 rings (SSSR count). The molecule has 3 heterocycles. The smallest absolute Gasteiger partial charge is 0.328 e. The molecule has 2 aromatic rings. The normalized spacial score (nSPS) is 22.4. The Bertz CT molecular complexity index is 1100. The van der Waals surface area contributed by atoms with Gasteiger partial charge < -0.3 is 14.5 Å². The number of urea groups is 1. The van der Waals surface area contributed by atoms with E-state index in [1.807, 2.05) is 77.5 Å². The highest BCUT2D eigenvalue weighted by molar-refractivity contribution is 6.09. The summed E-state index contributed by atoms with van der Waals surface area (Å²) < 4.78 is 5.88. The van der Waals surface area contributed by atoms with Gasteiger partial charge in [0.1, 0.15) is 11.5 Å². The van der Waals surface area contributed by atoms with Gasteiger partial charge in [-0.2, -0.15) is 0 Å². The summed E-state index contributed by atoms with van der Waals surface area (Å²) in [4.78, 5) is 37.0. The first-order chi connectivity index (χ1) is 15.0. The molecule has 31 heavy (non-hydrogen) atoms. The third-order valence-corrected chi connectivity index (χ3v) is 5.78. The summed E-state index contributed by atoms with van der Waals surface area (Å²) in [7, 11) is 1.69. The quantitative estimate of drug-likeness (QED) is 0.762. The fourth-order valence-corrected chi connectivity index (χ4v) is 4.25. The number of fused-ring (bicyclic) bond motifs is 3. The van der Waals surface area contributed by atoms with Gasteiger partial charge in [0, 0.05) is 31.2 Å². The molecular weight excluding hydrogens is 394 g/mol. The highest BCUT2D eigenvalue weighted by Gasteiger charge is 2.54. The average molecular weight is 417 g/mol. The van der Waals surface area contributed by atoms with Gasteiger partial charge in [0.15, 0.2) is 12.2 Å². The van der Waals surface area contributed by atoms with Gasteiger partial charge in [0.05, 0.1) is 0 Å². The summed E-state index contributed by atoms with van der Waals surface area (Å²) in [5.74, 6) is 1.94. The van der Waals surface area contributed by atoms with E-state index in [0.717, 1.165) is 22.9 Å². The van der Waals surface area contributed by atoms with E-state index in [4.69, 9.17) is 9.73 Å². The van der Waals surface area contributed by atoms with Gasteiger partial charge in [-0.15, -0.1) is 0 Å². The zero-order valence-electron chi connectivity index (χ0n) is 17.6. The lowest BCUT2D eigenvalue weighted by Gasteiger charge is -2.39. The zero-order valence-corrected chi connectivity index (χ0v) is 17.6. The number of amides is 3. The number of aliphatic imine (C=N–C) groups is 1. The standard InChI is InChI=1S/C23H23N5O3/c1-4-26-21(29)19-20(25(3)23(26)30)24-22-27(19)14-15(2)28(22)16-10-12-18(13-11-16)31-17-8-6-5-7-9-17/h5-14,19-20H,4H2,1-3H3. The number of ether oxygens (including phenoxy) is 1. The number of hydrogen-bond donors (Lipinski definition) is 0. The summed E-state index contributed by atoms with van der Waals surface area (Å²) in [6, 6.07) is 16.5. The number of imide groups is 1. The molecule has 2 aromatic carbocycles. The molecule has 8 nitrogen and oxygen atoms in total. The van der Waals surface area contributed by atoms with Crippen molar-refractivity contribution in [2.45, 2.75) is 26.1 Å². The highest BCUT2D eigenvalue weighted by Crippen LogP contribution is 2.37. The van der Waals surface area contributed by atoms with Crippen LogP contribution in [-0.2, 0) is 4.79 Å². The number of guanidine groups is 1. The maximum Gasteiger partial charge on any atom is 0.328 e. The molecule has 0 N–H and O–H groups in total. The van der Waals surface area contributed by atoms with Gasteiger partial charge in [0.25, 0.3) is 5.91 Å². The lowest BCUT2D eigenvalue weighted by Crippen LogP contribution is -2.64. The fourth-order valence-electron chi connectivity index (χ4n) is 4.25. The zero-order chi connectivity index (χ0) is 21.7. The molecule has 3 aliphatic heterocycles. The number of para-hydroxylation sites is 1. The molecule has 0 spiro atoms. The van der Waals surface area contributed by atoms with E-state index in [0.29, 0.717) is 12.5 Å². The Morgan fingerprint density at radius 2 is 1.68 bits per heavy atom. The summed E-state index contributed by atoms with van der Waals surface area (Å²) in [5.41, 5.74) is 1.85. The van der Waals surface area contributed by atoms with Crippen LogP contribution < -0.4 is 9.64 Å². The lowest BCUT2D eigenvalue weighted by atomic mass is 10.1. The number of hydrogen-bond acceptors (Lipinski definition) is 6. The van der Waals surface area contributed by atoms with Crippen LogP contribution >= 0.6 is 0 Å². The first-order valence-electron chi connectivity index (χ1n) is 10.3. The first kappa shape index (κ1) is 19.2. The Balaban J connectivity index is 1.42. The molecule has 1 fully saturated rings. The highest BCUT2D eigenvalue weighted by atomic mass is 16.5. The predicted molar refractivity (Wildman–Crippen MR) is 117 cm³/mol. The van der Waals surface area contributed by atoms with Crippen molar-refractivity contribution >= 4 is 23.6 Å². The molecular formula is C23H23N5O3. The molecule has 8 heteroatoms. The topological polar surface area (TPSA) is 68.7 Å². The van der Waals surface area contributed by atoms with Crippen molar-refractivity contribution < 1.29 is 14.3 Å². The van der Waals surface area contributed by atoms with Crippen molar-refractivity contribution in [2.75, 3.05) is 18.5 Å². The summed E-state index contributed by atoms with van der Waals surface area (Å²) in [5, 5.41) is 0. The third kappa shape index (κ3) is 2.94. The Morgan fingerprint density at radius 3 is 2.35 bits per heavy atom. The number of likely N-dealkylation sites (N-methyl/N-ethyl adjacent to an activating group) is 2. The molecule has 0 aromatic heterocycles. The first-order valence-corrected chi connectivity index (χ1v) is 10.3. The van der Waals surface area contributed by atoms with Crippen molar-refractivity contribution in [1.29, 1.82) is 0 Å². The van der Waals surface area contributed by atoms with Crippen LogP contribution in [0.1, 0.15) is 13.8 Å². The van der Waals surface area contributed by atoms with Crippen molar-refractivity contribution in [3.05, 3.63) is 66.5 Å². The van der Waals surface area contributed by atoms with Crippen LogP contribution in [0.4, 0.5) is 10.5 Å². The fraction of sp³-hybridized carbons (Fsp3) is 0.261. The van der Waals surface area contributed by atoms with Crippen molar-refractivity contribution in [3.8, 4) is 11.5 Å². The third-order valence-electron chi connectivity index (χ3n) is 5.78. The van der Waals surface area contributed by atoms with Crippen LogP contribution in [-0.4, -0.2) is 58.4 Å². The Hall–Kier alpha value is -3.81. The van der Waals surface area contributed by atoms with Crippen LogP contribution in [0.25, 0.3) is 0 Å². The number of nitrogens with zero attached hydrogens (tertiary/aromatic N) is 5. The molecule has 0 aliphatic carbocycles. The number of benzene rings is 2.